The molecular weight excluding hydrogens is 280 g/mol. The minimum Gasteiger partial charge on any atom is -0.486 e. The summed E-state index contributed by atoms with van der Waals surface area (Å²) in [6.45, 7) is 2.85. The van der Waals surface area contributed by atoms with Gasteiger partial charge in [0.05, 0.1) is 0 Å². The van der Waals surface area contributed by atoms with E-state index in [4.69, 9.17) is 9.47 Å². The molecule has 116 valence electrons. The molecule has 1 aromatic heterocycles. The van der Waals surface area contributed by atoms with E-state index in [1.165, 1.54) is 0 Å². The number of aromatic nitrogens is 1. The van der Waals surface area contributed by atoms with Gasteiger partial charge in [0.15, 0.2) is 11.5 Å². The van der Waals surface area contributed by atoms with Crippen molar-refractivity contribution in [3.8, 4) is 11.5 Å². The molecule has 3 rings (SSSR count). The number of nitrogens with zero attached hydrogens (tertiary/aromatic N) is 1. The average molecular weight is 300 g/mol. The Kier molecular flexibility index (Phi) is 4.75. The summed E-state index contributed by atoms with van der Waals surface area (Å²) in [5.74, 6) is 1.61. The van der Waals surface area contributed by atoms with Crippen LogP contribution in [0.25, 0.3) is 0 Å². The quantitative estimate of drug-likeness (QED) is 0.825. The Morgan fingerprint density at radius 1 is 1.14 bits per heavy atom. The van der Waals surface area contributed by atoms with E-state index in [0.717, 1.165) is 37.6 Å². The average Bonchev–Trinajstić information content (AvgIpc) is 2.56. The van der Waals surface area contributed by atoms with E-state index in [1.54, 1.807) is 16.7 Å². The van der Waals surface area contributed by atoms with Crippen molar-refractivity contribution in [3.63, 3.8) is 0 Å². The van der Waals surface area contributed by atoms with Gasteiger partial charge in [0, 0.05) is 25.4 Å². The molecule has 22 heavy (non-hydrogen) atoms. The molecule has 0 saturated carbocycles. The first kappa shape index (κ1) is 14.7. The largest absolute Gasteiger partial charge is 0.486 e. The second-order valence-electron chi connectivity index (χ2n) is 5.29. The fourth-order valence-corrected chi connectivity index (χ4v) is 2.45. The number of para-hydroxylation sites is 2. The lowest BCUT2D eigenvalue weighted by molar-refractivity contribution is 0.0904. The van der Waals surface area contributed by atoms with Gasteiger partial charge in [-0.1, -0.05) is 18.2 Å². The third-order valence-electron chi connectivity index (χ3n) is 3.59. The lowest BCUT2D eigenvalue weighted by Gasteiger charge is -2.26. The van der Waals surface area contributed by atoms with Crippen molar-refractivity contribution in [2.45, 2.75) is 19.1 Å². The summed E-state index contributed by atoms with van der Waals surface area (Å²) in [6.07, 6.45) is 2.74. The van der Waals surface area contributed by atoms with Gasteiger partial charge in [-0.05, 0) is 31.2 Å². The molecule has 0 saturated heterocycles. The van der Waals surface area contributed by atoms with Crippen molar-refractivity contribution in [2.75, 3.05) is 19.7 Å². The number of ether oxygens (including phenoxy) is 2. The number of pyridine rings is 1. The Morgan fingerprint density at radius 2 is 1.95 bits per heavy atom. The summed E-state index contributed by atoms with van der Waals surface area (Å²) in [5.41, 5.74) is 0.0446. The van der Waals surface area contributed by atoms with E-state index in [1.807, 2.05) is 36.5 Å². The Balaban J connectivity index is 1.38. The monoisotopic (exact) mass is 300 g/mol. The number of rotatable bonds is 6. The Morgan fingerprint density at radius 3 is 2.82 bits per heavy atom. The Hall–Kier alpha value is -2.27. The Bertz CT molecular complexity index is 669. The normalized spacial score (nSPS) is 16.5. The Labute approximate surface area is 129 Å². The molecule has 0 aliphatic carbocycles. The van der Waals surface area contributed by atoms with Crippen molar-refractivity contribution < 1.29 is 9.47 Å². The van der Waals surface area contributed by atoms with Gasteiger partial charge >= 0.3 is 0 Å². The highest BCUT2D eigenvalue weighted by molar-refractivity contribution is 5.40. The number of hydrogen-bond donors (Lipinski definition) is 1. The van der Waals surface area contributed by atoms with Gasteiger partial charge in [-0.2, -0.15) is 0 Å². The molecule has 1 aliphatic heterocycles. The van der Waals surface area contributed by atoms with Crippen LogP contribution in [0.15, 0.2) is 53.5 Å². The third-order valence-corrected chi connectivity index (χ3v) is 3.59. The zero-order valence-corrected chi connectivity index (χ0v) is 12.4. The minimum absolute atomic E-state index is 0.0225. The van der Waals surface area contributed by atoms with Crippen molar-refractivity contribution in [1.29, 1.82) is 0 Å². The molecule has 1 N–H and O–H groups in total. The first-order valence-corrected chi connectivity index (χ1v) is 7.57. The lowest BCUT2D eigenvalue weighted by Crippen LogP contribution is -2.39. The van der Waals surface area contributed by atoms with Gasteiger partial charge in [0.25, 0.3) is 0 Å². The summed E-state index contributed by atoms with van der Waals surface area (Å²) in [6, 6.07) is 12.9. The predicted molar refractivity (Wildman–Crippen MR) is 84.5 cm³/mol. The smallest absolute Gasteiger partial charge is 0.250 e. The molecule has 1 unspecified atom stereocenters. The summed E-state index contributed by atoms with van der Waals surface area (Å²) in [5, 5.41) is 3.36. The zero-order chi connectivity index (χ0) is 15.2. The highest BCUT2D eigenvalue weighted by Gasteiger charge is 2.19. The maximum absolute atomic E-state index is 11.6. The molecule has 0 fully saturated rings. The lowest BCUT2D eigenvalue weighted by atomic mass is 10.2. The summed E-state index contributed by atoms with van der Waals surface area (Å²) >= 11 is 0. The van der Waals surface area contributed by atoms with Crippen molar-refractivity contribution in [2.24, 2.45) is 0 Å². The third kappa shape index (κ3) is 3.68. The molecule has 1 aliphatic rings. The SMILES string of the molecule is O=c1ccccn1CCCNCC1COc2ccccc2O1. The van der Waals surface area contributed by atoms with E-state index in [9.17, 15) is 4.79 Å². The summed E-state index contributed by atoms with van der Waals surface area (Å²) in [4.78, 5) is 11.6. The second-order valence-corrected chi connectivity index (χ2v) is 5.29. The van der Waals surface area contributed by atoms with Crippen LogP contribution in [-0.4, -0.2) is 30.4 Å². The van der Waals surface area contributed by atoms with Crippen molar-refractivity contribution in [3.05, 3.63) is 59.0 Å². The van der Waals surface area contributed by atoms with Gasteiger partial charge in [0.2, 0.25) is 5.56 Å². The number of fused-ring (bicyclic) bond motifs is 1. The van der Waals surface area contributed by atoms with Gasteiger partial charge < -0.3 is 19.4 Å². The number of benzene rings is 1. The topological polar surface area (TPSA) is 52.5 Å². The molecule has 0 spiro atoms. The first-order chi connectivity index (χ1) is 10.8. The first-order valence-electron chi connectivity index (χ1n) is 7.57. The van der Waals surface area contributed by atoms with Crippen LogP contribution in [0, 0.1) is 0 Å². The van der Waals surface area contributed by atoms with Crippen LogP contribution in [0.2, 0.25) is 0 Å². The molecule has 0 amide bonds. The molecule has 1 atom stereocenters. The molecule has 2 heterocycles. The van der Waals surface area contributed by atoms with Crippen molar-refractivity contribution >= 4 is 0 Å². The van der Waals surface area contributed by atoms with E-state index in [2.05, 4.69) is 5.32 Å². The van der Waals surface area contributed by atoms with Gasteiger partial charge in [-0.15, -0.1) is 0 Å². The van der Waals surface area contributed by atoms with Crippen LogP contribution < -0.4 is 20.3 Å². The van der Waals surface area contributed by atoms with Crippen LogP contribution in [-0.2, 0) is 6.54 Å². The van der Waals surface area contributed by atoms with Crippen LogP contribution in [0.1, 0.15) is 6.42 Å². The minimum atomic E-state index is 0.0225. The van der Waals surface area contributed by atoms with Crippen LogP contribution in [0.4, 0.5) is 0 Å². The fraction of sp³-hybridized carbons (Fsp3) is 0.353. The molecule has 0 radical (unpaired) electrons. The molecule has 2 aromatic rings. The fourth-order valence-electron chi connectivity index (χ4n) is 2.45. The second kappa shape index (κ2) is 7.13. The van der Waals surface area contributed by atoms with Crippen LogP contribution in [0.5, 0.6) is 11.5 Å². The number of aryl methyl sites for hydroxylation is 1. The molecule has 1 aromatic carbocycles. The number of nitrogens with one attached hydrogen (secondary N) is 1. The van der Waals surface area contributed by atoms with Gasteiger partial charge in [0.1, 0.15) is 12.7 Å². The van der Waals surface area contributed by atoms with E-state index in [0.29, 0.717) is 6.61 Å². The highest BCUT2D eigenvalue weighted by atomic mass is 16.6. The van der Waals surface area contributed by atoms with Crippen LogP contribution in [0.3, 0.4) is 0 Å². The van der Waals surface area contributed by atoms with Crippen LogP contribution >= 0.6 is 0 Å². The van der Waals surface area contributed by atoms with E-state index >= 15 is 0 Å². The van der Waals surface area contributed by atoms with Gasteiger partial charge in [-0.25, -0.2) is 0 Å². The molecule has 5 heteroatoms. The standard InChI is InChI=1S/C17H20N2O3/c20-17-8-3-4-10-19(17)11-5-9-18-12-14-13-21-15-6-1-2-7-16(15)22-14/h1-4,6-8,10,14,18H,5,9,11-13H2. The summed E-state index contributed by atoms with van der Waals surface area (Å²) in [7, 11) is 0. The van der Waals surface area contributed by atoms with Gasteiger partial charge in [-0.3, -0.25) is 4.79 Å². The number of hydrogen-bond acceptors (Lipinski definition) is 4. The molecule has 5 nitrogen and oxygen atoms in total. The van der Waals surface area contributed by atoms with E-state index in [-0.39, 0.29) is 11.7 Å². The molecule has 0 bridgehead atoms. The van der Waals surface area contributed by atoms with Crippen molar-refractivity contribution in [1.82, 2.24) is 9.88 Å². The zero-order valence-electron chi connectivity index (χ0n) is 12.4. The maximum Gasteiger partial charge on any atom is 0.250 e. The van der Waals surface area contributed by atoms with E-state index < -0.39 is 0 Å². The molecular formula is C17H20N2O3. The predicted octanol–water partition coefficient (Wildman–Crippen LogP) is 1.67. The highest BCUT2D eigenvalue weighted by Crippen LogP contribution is 2.30. The maximum atomic E-state index is 11.6. The summed E-state index contributed by atoms with van der Waals surface area (Å²) < 4.78 is 13.3.